The number of nitrogens with zero attached hydrogens (tertiary/aromatic N) is 1. The highest BCUT2D eigenvalue weighted by Crippen LogP contribution is 2.34. The first kappa shape index (κ1) is 14.8. The average molecular weight is 268 g/mol. The Morgan fingerprint density at radius 1 is 1.42 bits per heavy atom. The van der Waals surface area contributed by atoms with Crippen molar-refractivity contribution in [2.45, 2.75) is 69.9 Å². The van der Waals surface area contributed by atoms with Gasteiger partial charge in [-0.25, -0.2) is 0 Å². The highest BCUT2D eigenvalue weighted by molar-refractivity contribution is 5.86. The fraction of sp³-hybridized carbons (Fsp3) is 0.933. The number of amides is 1. The van der Waals surface area contributed by atoms with E-state index in [9.17, 15) is 4.79 Å². The van der Waals surface area contributed by atoms with Gasteiger partial charge < -0.3 is 15.7 Å². The van der Waals surface area contributed by atoms with Gasteiger partial charge in [0.15, 0.2) is 0 Å². The van der Waals surface area contributed by atoms with E-state index in [0.717, 1.165) is 51.5 Å². The Kier molecular flexibility index (Phi) is 4.85. The Morgan fingerprint density at radius 2 is 2.21 bits per heavy atom. The molecule has 2 aliphatic rings. The summed E-state index contributed by atoms with van der Waals surface area (Å²) in [6.45, 7) is 3.26. The summed E-state index contributed by atoms with van der Waals surface area (Å²) < 4.78 is 0. The lowest BCUT2D eigenvalue weighted by atomic mass is 9.76. The SMILES string of the molecule is CC1CCCC(N)(C(=O)N2CCCC2CCCO)C1. The van der Waals surface area contributed by atoms with Gasteiger partial charge in [-0.15, -0.1) is 0 Å². The van der Waals surface area contributed by atoms with Gasteiger partial charge in [0.2, 0.25) is 5.91 Å². The van der Waals surface area contributed by atoms with Crippen molar-refractivity contribution in [3.05, 3.63) is 0 Å². The molecule has 3 atom stereocenters. The normalized spacial score (nSPS) is 35.6. The summed E-state index contributed by atoms with van der Waals surface area (Å²) in [4.78, 5) is 14.8. The smallest absolute Gasteiger partial charge is 0.242 e. The van der Waals surface area contributed by atoms with Gasteiger partial charge in [0.25, 0.3) is 0 Å². The predicted molar refractivity (Wildman–Crippen MR) is 75.6 cm³/mol. The molecule has 0 aromatic rings. The van der Waals surface area contributed by atoms with Crippen LogP contribution >= 0.6 is 0 Å². The predicted octanol–water partition coefficient (Wildman–Crippen LogP) is 1.66. The molecule has 0 radical (unpaired) electrons. The van der Waals surface area contributed by atoms with E-state index in [2.05, 4.69) is 6.92 Å². The third-order valence-electron chi connectivity index (χ3n) is 4.79. The molecule has 1 heterocycles. The molecule has 1 amide bonds. The van der Waals surface area contributed by atoms with Gasteiger partial charge in [0.05, 0.1) is 5.54 Å². The molecule has 0 aromatic heterocycles. The molecule has 0 spiro atoms. The second-order valence-electron chi connectivity index (χ2n) is 6.52. The summed E-state index contributed by atoms with van der Waals surface area (Å²) in [5.74, 6) is 0.723. The molecule has 1 aliphatic carbocycles. The van der Waals surface area contributed by atoms with Crippen molar-refractivity contribution in [2.75, 3.05) is 13.2 Å². The molecular formula is C15H28N2O2. The minimum atomic E-state index is -0.626. The van der Waals surface area contributed by atoms with Crippen molar-refractivity contribution in [2.24, 2.45) is 11.7 Å². The third-order valence-corrected chi connectivity index (χ3v) is 4.79. The van der Waals surface area contributed by atoms with Crippen molar-refractivity contribution in [1.82, 2.24) is 4.90 Å². The average Bonchev–Trinajstić information content (AvgIpc) is 2.83. The molecule has 2 rings (SSSR count). The van der Waals surface area contributed by atoms with Gasteiger partial charge in [0.1, 0.15) is 0 Å². The number of likely N-dealkylation sites (tertiary alicyclic amines) is 1. The summed E-state index contributed by atoms with van der Waals surface area (Å²) >= 11 is 0. The molecule has 4 nitrogen and oxygen atoms in total. The maximum atomic E-state index is 12.8. The van der Waals surface area contributed by atoms with Gasteiger partial charge in [-0.2, -0.15) is 0 Å². The highest BCUT2D eigenvalue weighted by Gasteiger charge is 2.43. The number of carbonyl (C=O) groups excluding carboxylic acids is 1. The zero-order chi connectivity index (χ0) is 13.9. The van der Waals surface area contributed by atoms with Crippen LogP contribution in [0.1, 0.15) is 58.3 Å². The maximum absolute atomic E-state index is 12.8. The van der Waals surface area contributed by atoms with Crippen LogP contribution in [0.25, 0.3) is 0 Å². The van der Waals surface area contributed by atoms with E-state index in [1.807, 2.05) is 4.90 Å². The minimum absolute atomic E-state index is 0.166. The van der Waals surface area contributed by atoms with Gasteiger partial charge in [-0.1, -0.05) is 19.8 Å². The summed E-state index contributed by atoms with van der Waals surface area (Å²) in [5, 5.41) is 8.96. The molecule has 3 unspecified atom stereocenters. The fourth-order valence-electron chi connectivity index (χ4n) is 3.80. The van der Waals surface area contributed by atoms with Crippen molar-refractivity contribution in [1.29, 1.82) is 0 Å². The molecule has 1 aliphatic heterocycles. The van der Waals surface area contributed by atoms with E-state index >= 15 is 0 Å². The van der Waals surface area contributed by atoms with Crippen LogP contribution in [0.4, 0.5) is 0 Å². The Morgan fingerprint density at radius 3 is 2.89 bits per heavy atom. The monoisotopic (exact) mass is 268 g/mol. The number of carbonyl (C=O) groups is 1. The number of nitrogens with two attached hydrogens (primary N) is 1. The lowest BCUT2D eigenvalue weighted by Gasteiger charge is -2.39. The number of hydrogen-bond acceptors (Lipinski definition) is 3. The first-order valence-corrected chi connectivity index (χ1v) is 7.77. The van der Waals surface area contributed by atoms with E-state index in [-0.39, 0.29) is 12.5 Å². The second kappa shape index (κ2) is 6.23. The molecule has 0 bridgehead atoms. The Hall–Kier alpha value is -0.610. The standard InChI is InChI=1S/C15H28N2O2/c1-12-5-2-8-15(16,11-12)14(19)17-9-3-6-13(17)7-4-10-18/h12-13,18H,2-11,16H2,1H3. The Labute approximate surface area is 116 Å². The highest BCUT2D eigenvalue weighted by atomic mass is 16.3. The molecule has 110 valence electrons. The van der Waals surface area contributed by atoms with Crippen LogP contribution in [0, 0.1) is 5.92 Å². The number of rotatable bonds is 4. The maximum Gasteiger partial charge on any atom is 0.242 e. The van der Waals surface area contributed by atoms with Crippen LogP contribution < -0.4 is 5.73 Å². The quantitative estimate of drug-likeness (QED) is 0.815. The van der Waals surface area contributed by atoms with Crippen molar-refractivity contribution >= 4 is 5.91 Å². The summed E-state index contributed by atoms with van der Waals surface area (Å²) in [7, 11) is 0. The van der Waals surface area contributed by atoms with Gasteiger partial charge in [-0.05, 0) is 44.4 Å². The Balaban J connectivity index is 2.01. The van der Waals surface area contributed by atoms with Gasteiger partial charge >= 0.3 is 0 Å². The van der Waals surface area contributed by atoms with E-state index in [1.54, 1.807) is 0 Å². The van der Waals surface area contributed by atoms with E-state index in [0.29, 0.717) is 12.0 Å². The van der Waals surface area contributed by atoms with Gasteiger partial charge in [0, 0.05) is 19.2 Å². The lowest BCUT2D eigenvalue weighted by Crippen LogP contribution is -2.58. The summed E-state index contributed by atoms with van der Waals surface area (Å²) in [5.41, 5.74) is 5.80. The first-order valence-electron chi connectivity index (χ1n) is 7.77. The zero-order valence-corrected chi connectivity index (χ0v) is 12.1. The lowest BCUT2D eigenvalue weighted by molar-refractivity contribution is -0.139. The summed E-state index contributed by atoms with van der Waals surface area (Å²) in [6, 6.07) is 0.303. The van der Waals surface area contributed by atoms with E-state index < -0.39 is 5.54 Å². The van der Waals surface area contributed by atoms with E-state index in [4.69, 9.17) is 10.8 Å². The van der Waals surface area contributed by atoms with Crippen LogP contribution in [0.3, 0.4) is 0 Å². The van der Waals surface area contributed by atoms with Crippen molar-refractivity contribution in [3.8, 4) is 0 Å². The number of aliphatic hydroxyl groups is 1. The largest absolute Gasteiger partial charge is 0.396 e. The number of aliphatic hydroxyl groups excluding tert-OH is 1. The van der Waals surface area contributed by atoms with Crippen molar-refractivity contribution < 1.29 is 9.90 Å². The van der Waals surface area contributed by atoms with Crippen LogP contribution in [0.15, 0.2) is 0 Å². The van der Waals surface area contributed by atoms with Gasteiger partial charge in [-0.3, -0.25) is 4.79 Å². The molecule has 3 N–H and O–H groups in total. The molecule has 1 saturated carbocycles. The zero-order valence-electron chi connectivity index (χ0n) is 12.1. The molecular weight excluding hydrogens is 240 g/mol. The van der Waals surface area contributed by atoms with Crippen LogP contribution in [0.5, 0.6) is 0 Å². The first-order chi connectivity index (χ1) is 9.07. The fourth-order valence-corrected chi connectivity index (χ4v) is 3.80. The number of hydrogen-bond donors (Lipinski definition) is 2. The Bertz CT molecular complexity index is 321. The molecule has 0 aromatic carbocycles. The van der Waals surface area contributed by atoms with Crippen molar-refractivity contribution in [3.63, 3.8) is 0 Å². The topological polar surface area (TPSA) is 66.6 Å². The third kappa shape index (κ3) is 3.29. The summed E-state index contributed by atoms with van der Waals surface area (Å²) in [6.07, 6.45) is 7.76. The van der Waals surface area contributed by atoms with Crippen LogP contribution in [0.2, 0.25) is 0 Å². The minimum Gasteiger partial charge on any atom is -0.396 e. The van der Waals surface area contributed by atoms with E-state index in [1.165, 1.54) is 6.42 Å². The molecule has 19 heavy (non-hydrogen) atoms. The molecule has 2 fully saturated rings. The second-order valence-corrected chi connectivity index (χ2v) is 6.52. The molecule has 4 heteroatoms. The van der Waals surface area contributed by atoms with Crippen LogP contribution in [-0.4, -0.2) is 40.6 Å². The molecule has 1 saturated heterocycles. The van der Waals surface area contributed by atoms with Crippen LogP contribution in [-0.2, 0) is 4.79 Å².